The van der Waals surface area contributed by atoms with E-state index in [2.05, 4.69) is 36.4 Å². The SMILES string of the molecule is O=C1OC(CCc2ccccc2)C1CCc1ccccc1. The molecule has 2 nitrogen and oxygen atoms in total. The van der Waals surface area contributed by atoms with E-state index < -0.39 is 0 Å². The summed E-state index contributed by atoms with van der Waals surface area (Å²) in [4.78, 5) is 11.7. The number of carbonyl (C=O) groups is 1. The number of ether oxygens (including phenoxy) is 1. The van der Waals surface area contributed by atoms with Crippen LogP contribution in [-0.4, -0.2) is 12.1 Å². The molecule has 2 atom stereocenters. The molecule has 3 rings (SSSR count). The predicted octanol–water partition coefficient (Wildman–Crippen LogP) is 3.79. The first kappa shape index (κ1) is 13.9. The van der Waals surface area contributed by atoms with Crippen LogP contribution in [0.25, 0.3) is 0 Å². The molecule has 1 aliphatic heterocycles. The number of hydrogen-bond acceptors (Lipinski definition) is 2. The molecule has 0 amide bonds. The van der Waals surface area contributed by atoms with Crippen LogP contribution in [0.4, 0.5) is 0 Å². The van der Waals surface area contributed by atoms with Crippen molar-refractivity contribution in [2.24, 2.45) is 5.92 Å². The third-order valence-corrected chi connectivity index (χ3v) is 4.17. The van der Waals surface area contributed by atoms with Crippen LogP contribution >= 0.6 is 0 Å². The number of hydrogen-bond donors (Lipinski definition) is 0. The first-order valence-electron chi connectivity index (χ1n) is 7.61. The van der Waals surface area contributed by atoms with Crippen molar-refractivity contribution in [1.82, 2.24) is 0 Å². The number of benzene rings is 2. The van der Waals surface area contributed by atoms with Gasteiger partial charge in [-0.25, -0.2) is 0 Å². The summed E-state index contributed by atoms with van der Waals surface area (Å²) in [7, 11) is 0. The van der Waals surface area contributed by atoms with E-state index in [9.17, 15) is 4.79 Å². The van der Waals surface area contributed by atoms with Crippen molar-refractivity contribution in [1.29, 1.82) is 0 Å². The van der Waals surface area contributed by atoms with Gasteiger partial charge in [-0.15, -0.1) is 0 Å². The van der Waals surface area contributed by atoms with Crippen molar-refractivity contribution < 1.29 is 9.53 Å². The largest absolute Gasteiger partial charge is 0.461 e. The Balaban J connectivity index is 1.49. The van der Waals surface area contributed by atoms with Gasteiger partial charge in [-0.05, 0) is 36.8 Å². The number of cyclic esters (lactones) is 1. The normalized spacial score (nSPS) is 20.7. The maximum absolute atomic E-state index is 11.7. The summed E-state index contributed by atoms with van der Waals surface area (Å²) in [6.07, 6.45) is 3.84. The summed E-state index contributed by atoms with van der Waals surface area (Å²) in [6.45, 7) is 0. The lowest BCUT2D eigenvalue weighted by Gasteiger charge is -2.35. The molecule has 1 heterocycles. The molecule has 2 aromatic rings. The lowest BCUT2D eigenvalue weighted by atomic mass is 9.87. The van der Waals surface area contributed by atoms with Crippen LogP contribution in [0.5, 0.6) is 0 Å². The number of rotatable bonds is 6. The molecule has 0 bridgehead atoms. The second-order valence-electron chi connectivity index (χ2n) is 5.63. The molecule has 108 valence electrons. The first-order valence-corrected chi connectivity index (χ1v) is 7.61. The van der Waals surface area contributed by atoms with E-state index in [1.54, 1.807) is 0 Å². The van der Waals surface area contributed by atoms with Gasteiger partial charge in [0.2, 0.25) is 0 Å². The fourth-order valence-electron chi connectivity index (χ4n) is 2.88. The van der Waals surface area contributed by atoms with E-state index in [-0.39, 0.29) is 18.0 Å². The minimum atomic E-state index is -0.0241. The molecule has 21 heavy (non-hydrogen) atoms. The summed E-state index contributed by atoms with van der Waals surface area (Å²) in [5.74, 6) is 0.0536. The highest BCUT2D eigenvalue weighted by Gasteiger charge is 2.41. The maximum Gasteiger partial charge on any atom is 0.313 e. The molecule has 0 N–H and O–H groups in total. The maximum atomic E-state index is 11.7. The molecule has 0 saturated carbocycles. The summed E-state index contributed by atoms with van der Waals surface area (Å²) >= 11 is 0. The Kier molecular flexibility index (Phi) is 4.34. The van der Waals surface area contributed by atoms with E-state index in [4.69, 9.17) is 4.74 Å². The monoisotopic (exact) mass is 280 g/mol. The molecule has 0 spiro atoms. The third-order valence-electron chi connectivity index (χ3n) is 4.17. The van der Waals surface area contributed by atoms with Gasteiger partial charge in [-0.2, -0.15) is 0 Å². The van der Waals surface area contributed by atoms with Crippen molar-refractivity contribution in [2.75, 3.05) is 0 Å². The summed E-state index contributed by atoms with van der Waals surface area (Å²) in [6, 6.07) is 20.7. The quantitative estimate of drug-likeness (QED) is 0.752. The molecule has 0 aromatic heterocycles. The summed E-state index contributed by atoms with van der Waals surface area (Å²) in [5, 5.41) is 0. The molecule has 2 aromatic carbocycles. The highest BCUT2D eigenvalue weighted by atomic mass is 16.6. The van der Waals surface area contributed by atoms with Crippen LogP contribution in [0.3, 0.4) is 0 Å². The van der Waals surface area contributed by atoms with Crippen LogP contribution in [0.1, 0.15) is 24.0 Å². The predicted molar refractivity (Wildman–Crippen MR) is 82.9 cm³/mol. The molecule has 0 aliphatic carbocycles. The Bertz CT molecular complexity index is 577. The van der Waals surface area contributed by atoms with E-state index in [1.165, 1.54) is 11.1 Å². The van der Waals surface area contributed by atoms with Gasteiger partial charge < -0.3 is 4.74 Å². The van der Waals surface area contributed by atoms with Gasteiger partial charge in [-0.3, -0.25) is 4.79 Å². The van der Waals surface area contributed by atoms with Crippen molar-refractivity contribution in [3.05, 3.63) is 71.8 Å². The molecular weight excluding hydrogens is 260 g/mol. The molecular formula is C19H20O2. The number of carbonyl (C=O) groups excluding carboxylic acids is 1. The molecule has 0 radical (unpaired) electrons. The van der Waals surface area contributed by atoms with Gasteiger partial charge >= 0.3 is 5.97 Å². The average molecular weight is 280 g/mol. The van der Waals surface area contributed by atoms with Crippen molar-refractivity contribution in [2.45, 2.75) is 31.8 Å². The fraction of sp³-hybridized carbons (Fsp3) is 0.316. The second kappa shape index (κ2) is 6.57. The lowest BCUT2D eigenvalue weighted by molar-refractivity contribution is -0.185. The van der Waals surface area contributed by atoms with Gasteiger partial charge in [0, 0.05) is 0 Å². The van der Waals surface area contributed by atoms with Gasteiger partial charge in [0.15, 0.2) is 0 Å². The standard InChI is InChI=1S/C19H20O2/c20-19-17(13-11-15-7-3-1-4-8-15)18(21-19)14-12-16-9-5-2-6-10-16/h1-10,17-18H,11-14H2. The van der Waals surface area contributed by atoms with Crippen LogP contribution in [0.15, 0.2) is 60.7 Å². The Morgan fingerprint density at radius 1 is 0.762 bits per heavy atom. The molecule has 2 unspecified atom stereocenters. The molecule has 1 saturated heterocycles. The minimum Gasteiger partial charge on any atom is -0.461 e. The highest BCUT2D eigenvalue weighted by Crippen LogP contribution is 2.30. The Morgan fingerprint density at radius 2 is 1.29 bits per heavy atom. The summed E-state index contributed by atoms with van der Waals surface area (Å²) in [5.41, 5.74) is 2.60. The van der Waals surface area contributed by atoms with Crippen molar-refractivity contribution in [3.8, 4) is 0 Å². The Morgan fingerprint density at radius 3 is 1.81 bits per heavy atom. The van der Waals surface area contributed by atoms with E-state index in [0.717, 1.165) is 25.7 Å². The van der Waals surface area contributed by atoms with E-state index >= 15 is 0 Å². The molecule has 1 fully saturated rings. The zero-order valence-corrected chi connectivity index (χ0v) is 12.1. The van der Waals surface area contributed by atoms with Gasteiger partial charge in [-0.1, -0.05) is 60.7 Å². The second-order valence-corrected chi connectivity index (χ2v) is 5.63. The van der Waals surface area contributed by atoms with Crippen molar-refractivity contribution in [3.63, 3.8) is 0 Å². The molecule has 2 heteroatoms. The third kappa shape index (κ3) is 3.52. The topological polar surface area (TPSA) is 26.3 Å². The van der Waals surface area contributed by atoms with Crippen LogP contribution in [-0.2, 0) is 22.4 Å². The van der Waals surface area contributed by atoms with Gasteiger partial charge in [0.25, 0.3) is 0 Å². The van der Waals surface area contributed by atoms with Crippen LogP contribution in [0.2, 0.25) is 0 Å². The van der Waals surface area contributed by atoms with E-state index in [1.807, 2.05) is 24.3 Å². The highest BCUT2D eigenvalue weighted by molar-refractivity contribution is 5.78. The average Bonchev–Trinajstić information content (AvgIpc) is 2.53. The first-order chi connectivity index (χ1) is 10.3. The van der Waals surface area contributed by atoms with Gasteiger partial charge in [0.05, 0.1) is 5.92 Å². The van der Waals surface area contributed by atoms with Gasteiger partial charge in [0.1, 0.15) is 6.10 Å². The zero-order chi connectivity index (χ0) is 14.5. The smallest absolute Gasteiger partial charge is 0.313 e. The Labute approximate surface area is 125 Å². The number of aryl methyl sites for hydroxylation is 2. The van der Waals surface area contributed by atoms with Crippen LogP contribution < -0.4 is 0 Å². The molecule has 1 aliphatic rings. The number of esters is 1. The lowest BCUT2D eigenvalue weighted by Crippen LogP contribution is -2.45. The summed E-state index contributed by atoms with van der Waals surface area (Å²) < 4.78 is 5.32. The van der Waals surface area contributed by atoms with E-state index in [0.29, 0.717) is 0 Å². The van der Waals surface area contributed by atoms with Crippen LogP contribution in [0, 0.1) is 5.92 Å². The minimum absolute atomic E-state index is 0.0241. The van der Waals surface area contributed by atoms with Crippen molar-refractivity contribution >= 4 is 5.97 Å². The Hall–Kier alpha value is -2.09. The zero-order valence-electron chi connectivity index (χ0n) is 12.1. The fourth-order valence-corrected chi connectivity index (χ4v) is 2.88.